The van der Waals surface area contributed by atoms with E-state index in [0.717, 1.165) is 25.0 Å². The van der Waals surface area contributed by atoms with E-state index in [1.54, 1.807) is 36.4 Å². The minimum atomic E-state index is -0.305. The molecule has 1 unspecified atom stereocenters. The van der Waals surface area contributed by atoms with Gasteiger partial charge in [0, 0.05) is 30.3 Å². The summed E-state index contributed by atoms with van der Waals surface area (Å²) in [4.78, 5) is 23.4. The molecule has 0 aromatic heterocycles. The van der Waals surface area contributed by atoms with Gasteiger partial charge in [0.2, 0.25) is 11.8 Å². The molecular weight excluding hydrogens is 392 g/mol. The van der Waals surface area contributed by atoms with Crippen LogP contribution in [0.4, 0.5) is 11.4 Å². The quantitative estimate of drug-likeness (QED) is 0.653. The smallest absolute Gasteiger partial charge is 0.248 e. The highest BCUT2D eigenvalue weighted by molar-refractivity contribution is 6.31. The van der Waals surface area contributed by atoms with Crippen LogP contribution in [0, 0.1) is 0 Å². The summed E-state index contributed by atoms with van der Waals surface area (Å²) in [6.07, 6.45) is 5.20. The zero-order valence-electron chi connectivity index (χ0n) is 16.1. The number of amides is 2. The van der Waals surface area contributed by atoms with Crippen molar-refractivity contribution in [2.24, 2.45) is 0 Å². The molecule has 6 nitrogen and oxygen atoms in total. The molecule has 2 N–H and O–H groups in total. The molecule has 0 aliphatic carbocycles. The van der Waals surface area contributed by atoms with Crippen molar-refractivity contribution in [3.05, 3.63) is 59.1 Å². The number of carbonyl (C=O) groups is 2. The molecule has 0 saturated carbocycles. The molecule has 3 rings (SSSR count). The van der Waals surface area contributed by atoms with E-state index in [1.165, 1.54) is 13.0 Å². The SMILES string of the molecule is CC(=O)Nc1ccc(C=CC(=O)Nc2cc(Cl)ccc2OCC2CCCO2)cc1. The molecule has 1 aliphatic heterocycles. The van der Waals surface area contributed by atoms with E-state index >= 15 is 0 Å². The first kappa shape index (κ1) is 20.9. The lowest BCUT2D eigenvalue weighted by molar-refractivity contribution is -0.114. The van der Waals surface area contributed by atoms with Gasteiger partial charge in [0.05, 0.1) is 11.8 Å². The Kier molecular flexibility index (Phi) is 7.27. The zero-order valence-corrected chi connectivity index (χ0v) is 16.9. The number of hydrogen-bond acceptors (Lipinski definition) is 4. The third-order valence-electron chi connectivity index (χ3n) is 4.31. The molecule has 0 radical (unpaired) electrons. The van der Waals surface area contributed by atoms with E-state index < -0.39 is 0 Å². The van der Waals surface area contributed by atoms with Gasteiger partial charge in [0.1, 0.15) is 12.4 Å². The van der Waals surface area contributed by atoms with E-state index in [2.05, 4.69) is 10.6 Å². The Bertz CT molecular complexity index is 890. The Balaban J connectivity index is 1.61. The molecular formula is C22H23ClN2O4. The number of ether oxygens (including phenoxy) is 2. The Labute approximate surface area is 174 Å². The second kappa shape index (κ2) is 10.1. The average Bonchev–Trinajstić information content (AvgIpc) is 3.20. The molecule has 1 saturated heterocycles. The monoisotopic (exact) mass is 414 g/mol. The zero-order chi connectivity index (χ0) is 20.6. The van der Waals surface area contributed by atoms with Gasteiger partial charge < -0.3 is 20.1 Å². The highest BCUT2D eigenvalue weighted by atomic mass is 35.5. The lowest BCUT2D eigenvalue weighted by atomic mass is 10.2. The number of carbonyl (C=O) groups excluding carboxylic acids is 2. The Morgan fingerprint density at radius 2 is 2.00 bits per heavy atom. The van der Waals surface area contributed by atoms with Crippen LogP contribution in [-0.2, 0) is 14.3 Å². The average molecular weight is 415 g/mol. The van der Waals surface area contributed by atoms with Gasteiger partial charge in [0.25, 0.3) is 0 Å². The standard InChI is InChI=1S/C22H23ClN2O4/c1-15(26)24-18-8-4-16(5-9-18)6-11-22(27)25-20-13-17(23)7-10-21(20)29-14-19-3-2-12-28-19/h4-11,13,19H,2-3,12,14H2,1H3,(H,24,26)(H,25,27). The number of halogens is 1. The predicted molar refractivity (Wildman–Crippen MR) is 114 cm³/mol. The van der Waals surface area contributed by atoms with Gasteiger partial charge in [-0.25, -0.2) is 0 Å². The lowest BCUT2D eigenvalue weighted by Crippen LogP contribution is -2.17. The van der Waals surface area contributed by atoms with Gasteiger partial charge in [-0.1, -0.05) is 23.7 Å². The summed E-state index contributed by atoms with van der Waals surface area (Å²) in [5.74, 6) is 0.109. The Hall–Kier alpha value is -2.83. The minimum Gasteiger partial charge on any atom is -0.489 e. The molecule has 2 aromatic carbocycles. The second-order valence-electron chi connectivity index (χ2n) is 6.71. The summed E-state index contributed by atoms with van der Waals surface area (Å²) < 4.78 is 11.4. The van der Waals surface area contributed by atoms with Crippen LogP contribution >= 0.6 is 11.6 Å². The third kappa shape index (κ3) is 6.62. The fraction of sp³-hybridized carbons (Fsp3) is 0.273. The van der Waals surface area contributed by atoms with Crippen molar-refractivity contribution >= 4 is 40.9 Å². The maximum Gasteiger partial charge on any atom is 0.248 e. The molecule has 2 amide bonds. The molecule has 152 valence electrons. The van der Waals surface area contributed by atoms with E-state index in [-0.39, 0.29) is 17.9 Å². The Morgan fingerprint density at radius 1 is 1.21 bits per heavy atom. The van der Waals surface area contributed by atoms with Crippen LogP contribution < -0.4 is 15.4 Å². The summed E-state index contributed by atoms with van der Waals surface area (Å²) in [5, 5.41) is 6.00. The molecule has 1 atom stereocenters. The molecule has 2 aromatic rings. The second-order valence-corrected chi connectivity index (χ2v) is 7.15. The van der Waals surface area contributed by atoms with Gasteiger partial charge in [0.15, 0.2) is 0 Å². The number of rotatable bonds is 7. The summed E-state index contributed by atoms with van der Waals surface area (Å²) in [6, 6.07) is 12.3. The lowest BCUT2D eigenvalue weighted by Gasteiger charge is -2.15. The van der Waals surface area contributed by atoms with Crippen LogP contribution in [-0.4, -0.2) is 31.1 Å². The van der Waals surface area contributed by atoms with Crippen molar-refractivity contribution in [2.75, 3.05) is 23.8 Å². The topological polar surface area (TPSA) is 76.7 Å². The van der Waals surface area contributed by atoms with Crippen LogP contribution in [0.15, 0.2) is 48.5 Å². The fourth-order valence-electron chi connectivity index (χ4n) is 2.91. The first-order chi connectivity index (χ1) is 14.0. The van der Waals surface area contributed by atoms with Crippen LogP contribution in [0.25, 0.3) is 6.08 Å². The number of nitrogens with one attached hydrogen (secondary N) is 2. The van der Waals surface area contributed by atoms with Gasteiger partial charge >= 0.3 is 0 Å². The van der Waals surface area contributed by atoms with E-state index in [0.29, 0.717) is 28.8 Å². The summed E-state index contributed by atoms with van der Waals surface area (Å²) in [5.41, 5.74) is 2.03. The van der Waals surface area contributed by atoms with Crippen LogP contribution in [0.1, 0.15) is 25.3 Å². The molecule has 1 fully saturated rings. The first-order valence-electron chi connectivity index (χ1n) is 9.40. The Morgan fingerprint density at radius 3 is 2.69 bits per heavy atom. The largest absolute Gasteiger partial charge is 0.489 e. The number of anilines is 2. The van der Waals surface area contributed by atoms with Crippen molar-refractivity contribution in [1.82, 2.24) is 0 Å². The minimum absolute atomic E-state index is 0.0783. The van der Waals surface area contributed by atoms with Gasteiger partial charge in [-0.05, 0) is 54.8 Å². The summed E-state index contributed by atoms with van der Waals surface area (Å²) in [7, 11) is 0. The van der Waals surface area contributed by atoms with Crippen LogP contribution in [0.2, 0.25) is 5.02 Å². The van der Waals surface area contributed by atoms with E-state index in [1.807, 2.05) is 12.1 Å². The third-order valence-corrected chi connectivity index (χ3v) is 4.54. The summed E-state index contributed by atoms with van der Waals surface area (Å²) >= 11 is 6.07. The maximum absolute atomic E-state index is 12.3. The van der Waals surface area contributed by atoms with Crippen LogP contribution in [0.5, 0.6) is 5.75 Å². The van der Waals surface area contributed by atoms with Crippen molar-refractivity contribution < 1.29 is 19.1 Å². The van der Waals surface area contributed by atoms with Gasteiger partial charge in [-0.2, -0.15) is 0 Å². The number of hydrogen-bond donors (Lipinski definition) is 2. The predicted octanol–water partition coefficient (Wildman–Crippen LogP) is 4.51. The highest BCUT2D eigenvalue weighted by Crippen LogP contribution is 2.29. The van der Waals surface area contributed by atoms with Crippen molar-refractivity contribution in [3.8, 4) is 5.75 Å². The molecule has 7 heteroatoms. The molecule has 0 spiro atoms. The number of benzene rings is 2. The van der Waals surface area contributed by atoms with Crippen molar-refractivity contribution in [2.45, 2.75) is 25.9 Å². The van der Waals surface area contributed by atoms with Crippen molar-refractivity contribution in [1.29, 1.82) is 0 Å². The van der Waals surface area contributed by atoms with Crippen molar-refractivity contribution in [3.63, 3.8) is 0 Å². The molecule has 1 aliphatic rings. The molecule has 29 heavy (non-hydrogen) atoms. The van der Waals surface area contributed by atoms with E-state index in [9.17, 15) is 9.59 Å². The summed E-state index contributed by atoms with van der Waals surface area (Å²) in [6.45, 7) is 2.64. The molecule has 1 heterocycles. The molecule has 0 bridgehead atoms. The highest BCUT2D eigenvalue weighted by Gasteiger charge is 2.17. The first-order valence-corrected chi connectivity index (χ1v) is 9.78. The maximum atomic E-state index is 12.3. The van der Waals surface area contributed by atoms with Crippen LogP contribution in [0.3, 0.4) is 0 Å². The normalized spacial score (nSPS) is 16.0. The van der Waals surface area contributed by atoms with E-state index in [4.69, 9.17) is 21.1 Å². The van der Waals surface area contributed by atoms with Gasteiger partial charge in [-0.3, -0.25) is 9.59 Å². The van der Waals surface area contributed by atoms with Gasteiger partial charge in [-0.15, -0.1) is 0 Å². The fourth-order valence-corrected chi connectivity index (χ4v) is 3.08.